The molecule has 1 aliphatic rings. The molecule has 2 atom stereocenters. The quantitative estimate of drug-likeness (QED) is 0.763. The summed E-state index contributed by atoms with van der Waals surface area (Å²) in [5.41, 5.74) is 1.55. The van der Waals surface area contributed by atoms with Crippen LogP contribution >= 0.6 is 0 Å². The van der Waals surface area contributed by atoms with E-state index >= 15 is 0 Å². The third-order valence-corrected chi connectivity index (χ3v) is 3.85. The van der Waals surface area contributed by atoms with E-state index in [1.165, 1.54) is 38.6 Å². The molecule has 1 N–H and O–H groups in total. The largest absolute Gasteiger partial charge is 0.319 e. The molecule has 1 aliphatic carbocycles. The summed E-state index contributed by atoms with van der Waals surface area (Å²) in [4.78, 5) is 0. The van der Waals surface area contributed by atoms with E-state index in [-0.39, 0.29) is 0 Å². The Morgan fingerprint density at radius 1 is 1.06 bits per heavy atom. The van der Waals surface area contributed by atoms with Gasteiger partial charge in [-0.2, -0.15) is 0 Å². The summed E-state index contributed by atoms with van der Waals surface area (Å²) in [6.07, 6.45) is 7.00. The van der Waals surface area contributed by atoms with Gasteiger partial charge in [0.2, 0.25) is 0 Å². The third kappa shape index (κ3) is 2.85. The van der Waals surface area contributed by atoms with E-state index in [1.807, 2.05) is 0 Å². The van der Waals surface area contributed by atoms with Gasteiger partial charge in [0.25, 0.3) is 0 Å². The fourth-order valence-corrected chi connectivity index (χ4v) is 3.03. The zero-order valence-electron chi connectivity index (χ0n) is 10.3. The van der Waals surface area contributed by atoms with Gasteiger partial charge in [-0.15, -0.1) is 0 Å². The van der Waals surface area contributed by atoms with Gasteiger partial charge in [0.05, 0.1) is 0 Å². The molecule has 0 spiro atoms. The van der Waals surface area contributed by atoms with E-state index in [4.69, 9.17) is 0 Å². The summed E-state index contributed by atoms with van der Waals surface area (Å²) in [5, 5.41) is 3.36. The highest BCUT2D eigenvalue weighted by molar-refractivity contribution is 5.20. The molecule has 1 aromatic rings. The van der Waals surface area contributed by atoms with Gasteiger partial charge >= 0.3 is 0 Å². The molecule has 2 rings (SSSR count). The van der Waals surface area contributed by atoms with Crippen LogP contribution in [0.5, 0.6) is 0 Å². The standard InChI is InChI=1S/C15H23N/c1-16-12-14-10-6-3-7-11-15(14)13-8-4-2-5-9-13/h2,4-5,8-9,14-16H,3,6-7,10-12H2,1H3. The average molecular weight is 217 g/mol. The highest BCUT2D eigenvalue weighted by Gasteiger charge is 2.24. The highest BCUT2D eigenvalue weighted by Crippen LogP contribution is 2.35. The Morgan fingerprint density at radius 3 is 2.56 bits per heavy atom. The predicted molar refractivity (Wildman–Crippen MR) is 69.7 cm³/mol. The lowest BCUT2D eigenvalue weighted by molar-refractivity contribution is 0.386. The van der Waals surface area contributed by atoms with E-state index in [9.17, 15) is 0 Å². The van der Waals surface area contributed by atoms with Crippen LogP contribution in [0.2, 0.25) is 0 Å². The van der Waals surface area contributed by atoms with Gasteiger partial charge in [-0.05, 0) is 43.8 Å². The molecule has 0 amide bonds. The molecular weight excluding hydrogens is 194 g/mol. The van der Waals surface area contributed by atoms with Crippen molar-refractivity contribution in [2.45, 2.75) is 38.0 Å². The Balaban J connectivity index is 2.14. The van der Waals surface area contributed by atoms with Crippen molar-refractivity contribution < 1.29 is 0 Å². The van der Waals surface area contributed by atoms with E-state index in [2.05, 4.69) is 42.7 Å². The van der Waals surface area contributed by atoms with Gasteiger partial charge in [-0.1, -0.05) is 49.6 Å². The van der Waals surface area contributed by atoms with Crippen LogP contribution in [-0.2, 0) is 0 Å². The Bertz CT molecular complexity index is 294. The van der Waals surface area contributed by atoms with Crippen molar-refractivity contribution in [1.82, 2.24) is 5.32 Å². The van der Waals surface area contributed by atoms with Crippen LogP contribution in [-0.4, -0.2) is 13.6 Å². The van der Waals surface area contributed by atoms with Crippen LogP contribution in [0.15, 0.2) is 30.3 Å². The molecule has 88 valence electrons. The molecule has 0 aliphatic heterocycles. The summed E-state index contributed by atoms with van der Waals surface area (Å²) in [7, 11) is 2.08. The van der Waals surface area contributed by atoms with E-state index < -0.39 is 0 Å². The molecule has 1 heteroatoms. The number of hydrogen-bond donors (Lipinski definition) is 1. The maximum absolute atomic E-state index is 3.36. The van der Waals surface area contributed by atoms with Gasteiger partial charge in [-0.25, -0.2) is 0 Å². The van der Waals surface area contributed by atoms with Crippen molar-refractivity contribution >= 4 is 0 Å². The third-order valence-electron chi connectivity index (χ3n) is 3.85. The highest BCUT2D eigenvalue weighted by atomic mass is 14.8. The molecule has 1 fully saturated rings. The summed E-state index contributed by atoms with van der Waals surface area (Å²) in [6, 6.07) is 11.1. The minimum atomic E-state index is 0.774. The first-order chi connectivity index (χ1) is 7.92. The smallest absolute Gasteiger partial charge is 0.00177 e. The van der Waals surface area contributed by atoms with Crippen molar-refractivity contribution in [2.24, 2.45) is 5.92 Å². The van der Waals surface area contributed by atoms with Crippen molar-refractivity contribution in [3.8, 4) is 0 Å². The second kappa shape index (κ2) is 6.05. The Hall–Kier alpha value is -0.820. The van der Waals surface area contributed by atoms with E-state index in [0.29, 0.717) is 0 Å². The van der Waals surface area contributed by atoms with Crippen LogP contribution in [0, 0.1) is 5.92 Å². The number of rotatable bonds is 3. The molecule has 2 unspecified atom stereocenters. The summed E-state index contributed by atoms with van der Waals surface area (Å²) < 4.78 is 0. The van der Waals surface area contributed by atoms with E-state index in [1.54, 1.807) is 5.56 Å². The summed E-state index contributed by atoms with van der Waals surface area (Å²) >= 11 is 0. The molecule has 0 saturated heterocycles. The van der Waals surface area contributed by atoms with Crippen molar-refractivity contribution in [3.05, 3.63) is 35.9 Å². The van der Waals surface area contributed by atoms with Crippen molar-refractivity contribution in [2.75, 3.05) is 13.6 Å². The van der Waals surface area contributed by atoms with Crippen molar-refractivity contribution in [1.29, 1.82) is 0 Å². The van der Waals surface area contributed by atoms with Crippen LogP contribution in [0.1, 0.15) is 43.6 Å². The monoisotopic (exact) mass is 217 g/mol. The normalized spacial score (nSPS) is 26.3. The summed E-state index contributed by atoms with van der Waals surface area (Å²) in [6.45, 7) is 1.17. The van der Waals surface area contributed by atoms with Gasteiger partial charge in [0, 0.05) is 0 Å². The first-order valence-corrected chi connectivity index (χ1v) is 6.61. The van der Waals surface area contributed by atoms with Gasteiger partial charge in [0.1, 0.15) is 0 Å². The molecule has 0 bridgehead atoms. The number of nitrogens with one attached hydrogen (secondary N) is 1. The molecule has 0 heterocycles. The van der Waals surface area contributed by atoms with Crippen LogP contribution in [0.3, 0.4) is 0 Å². The summed E-state index contributed by atoms with van der Waals surface area (Å²) in [5.74, 6) is 1.60. The maximum atomic E-state index is 3.36. The number of benzene rings is 1. The van der Waals surface area contributed by atoms with Gasteiger partial charge in [-0.3, -0.25) is 0 Å². The Morgan fingerprint density at radius 2 is 1.81 bits per heavy atom. The second-order valence-corrected chi connectivity index (χ2v) is 4.97. The van der Waals surface area contributed by atoms with Gasteiger partial charge in [0.15, 0.2) is 0 Å². The Kier molecular flexibility index (Phi) is 4.41. The topological polar surface area (TPSA) is 12.0 Å². The zero-order valence-corrected chi connectivity index (χ0v) is 10.3. The molecule has 1 nitrogen and oxygen atoms in total. The van der Waals surface area contributed by atoms with E-state index in [0.717, 1.165) is 11.8 Å². The lowest BCUT2D eigenvalue weighted by Crippen LogP contribution is -2.24. The average Bonchev–Trinajstić information content (AvgIpc) is 2.56. The minimum Gasteiger partial charge on any atom is -0.319 e. The fourth-order valence-electron chi connectivity index (χ4n) is 3.03. The predicted octanol–water partition coefficient (Wildman–Crippen LogP) is 3.57. The second-order valence-electron chi connectivity index (χ2n) is 4.97. The molecule has 1 saturated carbocycles. The maximum Gasteiger partial charge on any atom is -0.00177 e. The molecular formula is C15H23N. The van der Waals surface area contributed by atoms with Crippen LogP contribution in [0.4, 0.5) is 0 Å². The van der Waals surface area contributed by atoms with Gasteiger partial charge < -0.3 is 5.32 Å². The first-order valence-electron chi connectivity index (χ1n) is 6.61. The number of hydrogen-bond acceptors (Lipinski definition) is 1. The molecule has 1 aromatic carbocycles. The molecule has 16 heavy (non-hydrogen) atoms. The first kappa shape index (κ1) is 11.7. The van der Waals surface area contributed by atoms with Crippen LogP contribution in [0.25, 0.3) is 0 Å². The Labute approximate surface area is 99.3 Å². The lowest BCUT2D eigenvalue weighted by Gasteiger charge is -2.25. The molecule has 0 radical (unpaired) electrons. The fraction of sp³-hybridized carbons (Fsp3) is 0.600. The van der Waals surface area contributed by atoms with Crippen LogP contribution < -0.4 is 5.32 Å². The zero-order chi connectivity index (χ0) is 11.2. The minimum absolute atomic E-state index is 0.774. The lowest BCUT2D eigenvalue weighted by atomic mass is 9.82. The van der Waals surface area contributed by atoms with Crippen molar-refractivity contribution in [3.63, 3.8) is 0 Å². The molecule has 0 aromatic heterocycles. The SMILES string of the molecule is CNCC1CCCCCC1c1ccccc1.